The Morgan fingerprint density at radius 2 is 2.35 bits per heavy atom. The molecule has 0 unspecified atom stereocenters. The quantitative estimate of drug-likeness (QED) is 0.808. The van der Waals surface area contributed by atoms with E-state index in [1.54, 1.807) is 0 Å². The molecule has 1 saturated heterocycles. The number of carbonyl (C=O) groups excluding carboxylic acids is 2. The molecule has 4 nitrogen and oxygen atoms in total. The largest absolute Gasteiger partial charge is 0.445 e. The summed E-state index contributed by atoms with van der Waals surface area (Å²) >= 11 is 1.14. The predicted octanol–water partition coefficient (Wildman–Crippen LogP) is 2.16. The average molecular weight is 251 g/mol. The van der Waals surface area contributed by atoms with Crippen molar-refractivity contribution >= 4 is 23.0 Å². The third kappa shape index (κ3) is 3.23. The zero-order valence-electron chi connectivity index (χ0n) is 9.51. The van der Waals surface area contributed by atoms with Gasteiger partial charge in [-0.15, -0.1) is 0 Å². The van der Waals surface area contributed by atoms with E-state index < -0.39 is 6.09 Å². The Morgan fingerprint density at radius 3 is 3.00 bits per heavy atom. The lowest BCUT2D eigenvalue weighted by atomic mass is 10.1. The summed E-state index contributed by atoms with van der Waals surface area (Å²) in [6, 6.07) is 7.79. The minimum atomic E-state index is -0.426. The Labute approximate surface area is 104 Å². The van der Waals surface area contributed by atoms with Crippen molar-refractivity contribution in [3.8, 4) is 0 Å². The van der Waals surface area contributed by atoms with Gasteiger partial charge in [-0.2, -0.15) is 0 Å². The average Bonchev–Trinajstić information content (AvgIpc) is 2.73. The molecule has 0 spiro atoms. The van der Waals surface area contributed by atoms with Crippen LogP contribution >= 0.6 is 11.8 Å². The molecule has 1 aromatic carbocycles. The van der Waals surface area contributed by atoms with Crippen molar-refractivity contribution in [2.75, 3.05) is 12.4 Å². The van der Waals surface area contributed by atoms with E-state index in [0.29, 0.717) is 5.88 Å². The lowest BCUT2D eigenvalue weighted by molar-refractivity contribution is -0.110. The van der Waals surface area contributed by atoms with E-state index in [1.165, 1.54) is 4.90 Å². The summed E-state index contributed by atoms with van der Waals surface area (Å²) in [7, 11) is 0. The third-order valence-corrected chi connectivity index (χ3v) is 3.30. The lowest BCUT2D eigenvalue weighted by Gasteiger charge is -2.13. The van der Waals surface area contributed by atoms with Gasteiger partial charge in [0.1, 0.15) is 6.61 Å². The fourth-order valence-electron chi connectivity index (χ4n) is 1.55. The van der Waals surface area contributed by atoms with Crippen molar-refractivity contribution in [3.05, 3.63) is 35.4 Å². The highest BCUT2D eigenvalue weighted by Gasteiger charge is 2.25. The number of ether oxygens (including phenoxy) is 1. The maximum Gasteiger partial charge on any atom is 0.411 e. The lowest BCUT2D eigenvalue weighted by Crippen LogP contribution is -2.29. The monoisotopic (exact) mass is 251 g/mol. The number of rotatable bonds is 2. The first-order chi connectivity index (χ1) is 8.15. The molecular formula is C12H13NO3S. The summed E-state index contributed by atoms with van der Waals surface area (Å²) in [5.41, 5.74) is 2.09. The van der Waals surface area contributed by atoms with Gasteiger partial charge in [-0.1, -0.05) is 41.6 Å². The maximum absolute atomic E-state index is 11.6. The molecule has 0 aromatic heterocycles. The highest BCUT2D eigenvalue weighted by atomic mass is 32.2. The summed E-state index contributed by atoms with van der Waals surface area (Å²) < 4.78 is 5.14. The van der Waals surface area contributed by atoms with Crippen LogP contribution in [-0.4, -0.2) is 28.5 Å². The maximum atomic E-state index is 11.6. The van der Waals surface area contributed by atoms with E-state index in [4.69, 9.17) is 4.74 Å². The first kappa shape index (κ1) is 12.0. The SMILES string of the molecule is Cc1cccc(COC(=O)N2CSC(=O)C2)c1. The number of amides is 1. The molecule has 0 saturated carbocycles. The summed E-state index contributed by atoms with van der Waals surface area (Å²) in [6.45, 7) is 2.38. The fourth-order valence-corrected chi connectivity index (χ4v) is 2.30. The highest BCUT2D eigenvalue weighted by molar-refractivity contribution is 8.14. The van der Waals surface area contributed by atoms with Gasteiger partial charge in [0.05, 0.1) is 12.4 Å². The van der Waals surface area contributed by atoms with Crippen LogP contribution in [0.2, 0.25) is 0 Å². The van der Waals surface area contributed by atoms with Gasteiger partial charge in [0.15, 0.2) is 0 Å². The molecule has 0 aliphatic carbocycles. The number of thioether (sulfide) groups is 1. The molecule has 0 N–H and O–H groups in total. The van der Waals surface area contributed by atoms with E-state index >= 15 is 0 Å². The zero-order valence-corrected chi connectivity index (χ0v) is 10.3. The molecule has 0 atom stereocenters. The normalized spacial score (nSPS) is 15.1. The van der Waals surface area contributed by atoms with Crippen molar-refractivity contribution in [1.29, 1.82) is 0 Å². The van der Waals surface area contributed by atoms with Gasteiger partial charge in [-0.05, 0) is 12.5 Å². The third-order valence-electron chi connectivity index (χ3n) is 2.40. The van der Waals surface area contributed by atoms with E-state index in [0.717, 1.165) is 22.9 Å². The van der Waals surface area contributed by atoms with Crippen LogP contribution in [0.3, 0.4) is 0 Å². The van der Waals surface area contributed by atoms with Crippen molar-refractivity contribution in [2.45, 2.75) is 13.5 Å². The van der Waals surface area contributed by atoms with Crippen molar-refractivity contribution in [2.24, 2.45) is 0 Å². The van der Waals surface area contributed by atoms with Crippen molar-refractivity contribution in [3.63, 3.8) is 0 Å². The Bertz CT molecular complexity index is 447. The van der Waals surface area contributed by atoms with Crippen LogP contribution in [0.15, 0.2) is 24.3 Å². The number of benzene rings is 1. The molecule has 1 heterocycles. The van der Waals surface area contributed by atoms with Crippen molar-refractivity contribution in [1.82, 2.24) is 4.90 Å². The van der Waals surface area contributed by atoms with E-state index in [9.17, 15) is 9.59 Å². The Kier molecular flexibility index (Phi) is 3.68. The molecule has 5 heteroatoms. The number of hydrogen-bond donors (Lipinski definition) is 0. The van der Waals surface area contributed by atoms with Crippen LogP contribution in [0.5, 0.6) is 0 Å². The predicted molar refractivity (Wildman–Crippen MR) is 65.5 cm³/mol. The van der Waals surface area contributed by atoms with Gasteiger partial charge in [0.2, 0.25) is 5.12 Å². The number of hydrogen-bond acceptors (Lipinski definition) is 4. The van der Waals surface area contributed by atoms with Gasteiger partial charge in [0, 0.05) is 0 Å². The van der Waals surface area contributed by atoms with Gasteiger partial charge in [-0.3, -0.25) is 9.69 Å². The minimum Gasteiger partial charge on any atom is -0.445 e. The molecule has 1 aromatic rings. The smallest absolute Gasteiger partial charge is 0.411 e. The van der Waals surface area contributed by atoms with Gasteiger partial charge < -0.3 is 4.74 Å². The Morgan fingerprint density at radius 1 is 1.53 bits per heavy atom. The molecule has 90 valence electrons. The second kappa shape index (κ2) is 5.23. The molecule has 1 aliphatic heterocycles. The van der Waals surface area contributed by atoms with Gasteiger partial charge >= 0.3 is 6.09 Å². The van der Waals surface area contributed by atoms with Crippen LogP contribution < -0.4 is 0 Å². The van der Waals surface area contributed by atoms with Gasteiger partial charge in [0.25, 0.3) is 0 Å². The van der Waals surface area contributed by atoms with Crippen LogP contribution in [-0.2, 0) is 16.1 Å². The topological polar surface area (TPSA) is 46.6 Å². The van der Waals surface area contributed by atoms with E-state index in [2.05, 4.69) is 0 Å². The van der Waals surface area contributed by atoms with Crippen LogP contribution in [0.4, 0.5) is 4.79 Å². The number of carbonyl (C=O) groups is 2. The Hall–Kier alpha value is -1.49. The molecular weight excluding hydrogens is 238 g/mol. The molecule has 1 aliphatic rings. The first-order valence-electron chi connectivity index (χ1n) is 5.28. The summed E-state index contributed by atoms with van der Waals surface area (Å²) in [4.78, 5) is 24.0. The second-order valence-corrected chi connectivity index (χ2v) is 4.89. The molecule has 0 radical (unpaired) electrons. The number of nitrogens with zero attached hydrogens (tertiary/aromatic N) is 1. The first-order valence-corrected chi connectivity index (χ1v) is 6.26. The van der Waals surface area contributed by atoms with Crippen LogP contribution in [0, 0.1) is 6.92 Å². The number of aryl methyl sites for hydroxylation is 1. The van der Waals surface area contributed by atoms with Crippen LogP contribution in [0.1, 0.15) is 11.1 Å². The van der Waals surface area contributed by atoms with Gasteiger partial charge in [-0.25, -0.2) is 4.79 Å². The molecule has 1 fully saturated rings. The molecule has 17 heavy (non-hydrogen) atoms. The van der Waals surface area contributed by atoms with Crippen LogP contribution in [0.25, 0.3) is 0 Å². The summed E-state index contributed by atoms with van der Waals surface area (Å²) in [5, 5.41) is 0.0116. The summed E-state index contributed by atoms with van der Waals surface area (Å²) in [6.07, 6.45) is -0.426. The Balaban J connectivity index is 1.86. The van der Waals surface area contributed by atoms with E-state index in [1.807, 2.05) is 31.2 Å². The standard InChI is InChI=1S/C12H13NO3S/c1-9-3-2-4-10(5-9)7-16-12(15)13-6-11(14)17-8-13/h2-5H,6-8H2,1H3. The molecule has 1 amide bonds. The second-order valence-electron chi connectivity index (χ2n) is 3.89. The zero-order chi connectivity index (χ0) is 12.3. The van der Waals surface area contributed by atoms with E-state index in [-0.39, 0.29) is 18.3 Å². The van der Waals surface area contributed by atoms with Crippen molar-refractivity contribution < 1.29 is 14.3 Å². The molecule has 2 rings (SSSR count). The highest BCUT2D eigenvalue weighted by Crippen LogP contribution is 2.16. The fraction of sp³-hybridized carbons (Fsp3) is 0.333. The summed E-state index contributed by atoms with van der Waals surface area (Å²) in [5.74, 6) is 0.394. The molecule has 0 bridgehead atoms. The minimum absolute atomic E-state index is 0.0116.